The molecule has 2 aliphatic rings. The van der Waals surface area contributed by atoms with E-state index in [0.717, 1.165) is 71.4 Å². The summed E-state index contributed by atoms with van der Waals surface area (Å²) >= 11 is 0. The van der Waals surface area contributed by atoms with Crippen molar-refractivity contribution in [2.24, 2.45) is 0 Å². The minimum atomic E-state index is -0.0716. The minimum Gasteiger partial charge on any atom is -0.462 e. The molecule has 2 fully saturated rings. The highest BCUT2D eigenvalue weighted by atomic mass is 16.6. The third-order valence-corrected chi connectivity index (χ3v) is 4.09. The fourth-order valence-corrected chi connectivity index (χ4v) is 2.67. The van der Waals surface area contributed by atoms with E-state index in [1.54, 1.807) is 0 Å². The van der Waals surface area contributed by atoms with E-state index in [0.29, 0.717) is 12.8 Å². The van der Waals surface area contributed by atoms with Gasteiger partial charge < -0.3 is 18.9 Å². The molecular weight excluding hydrogens is 300 g/mol. The van der Waals surface area contributed by atoms with Crippen LogP contribution in [0.4, 0.5) is 0 Å². The highest BCUT2D eigenvalue weighted by Crippen LogP contribution is 2.19. The molecule has 2 heterocycles. The van der Waals surface area contributed by atoms with E-state index < -0.39 is 0 Å². The number of hydrogen-bond donors (Lipinski definition) is 0. The number of rotatable bonds is 14. The number of carbonyl (C=O) groups is 2. The molecule has 2 atom stereocenters. The molecule has 0 aliphatic carbocycles. The van der Waals surface area contributed by atoms with Gasteiger partial charge in [0.15, 0.2) is 0 Å². The van der Waals surface area contributed by atoms with Crippen molar-refractivity contribution in [2.45, 2.75) is 70.0 Å². The zero-order chi connectivity index (χ0) is 16.3. The number of carbonyl (C=O) groups excluding carboxylic acids is 2. The Balaban J connectivity index is 1.21. The van der Waals surface area contributed by atoms with Crippen LogP contribution in [0.15, 0.2) is 0 Å². The molecule has 132 valence electrons. The summed E-state index contributed by atoms with van der Waals surface area (Å²) in [5.41, 5.74) is 0. The Hall–Kier alpha value is -1.14. The van der Waals surface area contributed by atoms with Gasteiger partial charge >= 0.3 is 11.9 Å². The lowest BCUT2D eigenvalue weighted by Gasteiger charge is -2.25. The van der Waals surface area contributed by atoms with E-state index >= 15 is 0 Å². The first kappa shape index (κ1) is 18.2. The van der Waals surface area contributed by atoms with E-state index in [9.17, 15) is 9.59 Å². The van der Waals surface area contributed by atoms with E-state index in [1.807, 2.05) is 0 Å². The SMILES string of the molecule is O=C1CC(CCCCOCCCOCCCCC2CC(=O)O2)O1. The molecule has 23 heavy (non-hydrogen) atoms. The van der Waals surface area contributed by atoms with E-state index in [-0.39, 0.29) is 24.1 Å². The maximum absolute atomic E-state index is 10.6. The van der Waals surface area contributed by atoms with Crippen LogP contribution in [0.25, 0.3) is 0 Å². The Labute approximate surface area is 137 Å². The van der Waals surface area contributed by atoms with Crippen molar-refractivity contribution in [1.29, 1.82) is 0 Å². The van der Waals surface area contributed by atoms with Crippen molar-refractivity contribution in [3.63, 3.8) is 0 Å². The second kappa shape index (κ2) is 10.6. The molecular formula is C17H28O6. The van der Waals surface area contributed by atoms with E-state index in [4.69, 9.17) is 18.9 Å². The predicted octanol–water partition coefficient (Wildman–Crippen LogP) is 2.38. The fraction of sp³-hybridized carbons (Fsp3) is 0.882. The highest BCUT2D eigenvalue weighted by molar-refractivity contribution is 5.75. The van der Waals surface area contributed by atoms with Gasteiger partial charge in [0.05, 0.1) is 12.8 Å². The van der Waals surface area contributed by atoms with Gasteiger partial charge in [0.1, 0.15) is 12.2 Å². The smallest absolute Gasteiger partial charge is 0.309 e. The molecule has 0 amide bonds. The predicted molar refractivity (Wildman–Crippen MR) is 83.0 cm³/mol. The monoisotopic (exact) mass is 328 g/mol. The van der Waals surface area contributed by atoms with Crippen molar-refractivity contribution >= 4 is 11.9 Å². The summed E-state index contributed by atoms with van der Waals surface area (Å²) in [7, 11) is 0. The Morgan fingerprint density at radius 2 is 1.09 bits per heavy atom. The summed E-state index contributed by atoms with van der Waals surface area (Å²) in [4.78, 5) is 21.2. The fourth-order valence-electron chi connectivity index (χ4n) is 2.67. The second-order valence-electron chi connectivity index (χ2n) is 6.20. The molecule has 2 rings (SSSR count). The summed E-state index contributed by atoms with van der Waals surface area (Å²) in [5.74, 6) is -0.143. The van der Waals surface area contributed by atoms with E-state index in [2.05, 4.69) is 0 Å². The lowest BCUT2D eigenvalue weighted by Crippen LogP contribution is -2.32. The lowest BCUT2D eigenvalue weighted by molar-refractivity contribution is -0.170. The van der Waals surface area contributed by atoms with Crippen LogP contribution in [0.5, 0.6) is 0 Å². The Bertz CT molecular complexity index is 320. The molecule has 6 nitrogen and oxygen atoms in total. The largest absolute Gasteiger partial charge is 0.462 e. The topological polar surface area (TPSA) is 71.1 Å². The van der Waals surface area contributed by atoms with Gasteiger partial charge in [0, 0.05) is 26.4 Å². The molecule has 2 unspecified atom stereocenters. The third kappa shape index (κ3) is 7.79. The number of unbranched alkanes of at least 4 members (excludes halogenated alkanes) is 2. The standard InChI is InChI=1S/C17H28O6/c18-16-12-14(22-16)6-1-3-8-20-10-5-11-21-9-4-2-7-15-13-17(19)23-15/h14-15H,1-13H2. The minimum absolute atomic E-state index is 0.0716. The van der Waals surface area contributed by atoms with Crippen LogP contribution < -0.4 is 0 Å². The van der Waals surface area contributed by atoms with Gasteiger partial charge in [-0.25, -0.2) is 0 Å². The number of esters is 2. The molecule has 0 radical (unpaired) electrons. The molecule has 2 saturated heterocycles. The zero-order valence-electron chi connectivity index (χ0n) is 13.8. The summed E-state index contributed by atoms with van der Waals surface area (Å²) in [6, 6.07) is 0. The average Bonchev–Trinajstić information content (AvgIpc) is 2.47. The lowest BCUT2D eigenvalue weighted by atomic mass is 10.1. The Morgan fingerprint density at radius 3 is 1.48 bits per heavy atom. The number of hydrogen-bond acceptors (Lipinski definition) is 6. The molecule has 0 aromatic rings. The first-order valence-corrected chi connectivity index (χ1v) is 8.78. The number of cyclic esters (lactones) is 2. The van der Waals surface area contributed by atoms with Gasteiger partial charge in [0.25, 0.3) is 0 Å². The molecule has 0 N–H and O–H groups in total. The van der Waals surface area contributed by atoms with Gasteiger partial charge in [-0.1, -0.05) is 0 Å². The Kier molecular flexibility index (Phi) is 8.39. The molecule has 2 aliphatic heterocycles. The summed E-state index contributed by atoms with van der Waals surface area (Å²) in [6.45, 7) is 2.99. The van der Waals surface area contributed by atoms with Crippen LogP contribution in [-0.2, 0) is 28.5 Å². The Morgan fingerprint density at radius 1 is 0.696 bits per heavy atom. The van der Waals surface area contributed by atoms with Crippen molar-refractivity contribution in [3.05, 3.63) is 0 Å². The van der Waals surface area contributed by atoms with Gasteiger partial charge in [-0.2, -0.15) is 0 Å². The maximum Gasteiger partial charge on any atom is 0.309 e. The second-order valence-corrected chi connectivity index (χ2v) is 6.20. The van der Waals surface area contributed by atoms with Crippen molar-refractivity contribution in [3.8, 4) is 0 Å². The molecule has 0 spiro atoms. The first-order chi connectivity index (χ1) is 11.2. The van der Waals surface area contributed by atoms with Crippen molar-refractivity contribution in [1.82, 2.24) is 0 Å². The van der Waals surface area contributed by atoms with Crippen LogP contribution in [0.2, 0.25) is 0 Å². The van der Waals surface area contributed by atoms with Crippen LogP contribution in [0.1, 0.15) is 57.8 Å². The van der Waals surface area contributed by atoms with Crippen LogP contribution in [0.3, 0.4) is 0 Å². The maximum atomic E-state index is 10.6. The third-order valence-electron chi connectivity index (χ3n) is 4.09. The summed E-state index contributed by atoms with van der Waals surface area (Å²) < 4.78 is 21.0. The van der Waals surface area contributed by atoms with Crippen LogP contribution >= 0.6 is 0 Å². The van der Waals surface area contributed by atoms with E-state index in [1.165, 1.54) is 0 Å². The van der Waals surface area contributed by atoms with Crippen molar-refractivity contribution < 1.29 is 28.5 Å². The van der Waals surface area contributed by atoms with Crippen LogP contribution in [-0.4, -0.2) is 50.6 Å². The number of ether oxygens (including phenoxy) is 4. The highest BCUT2D eigenvalue weighted by Gasteiger charge is 2.27. The summed E-state index contributed by atoms with van der Waals surface area (Å²) in [6.07, 6.45) is 8.45. The van der Waals surface area contributed by atoms with Gasteiger partial charge in [0.2, 0.25) is 0 Å². The van der Waals surface area contributed by atoms with Gasteiger partial charge in [-0.15, -0.1) is 0 Å². The normalized spacial score (nSPS) is 23.0. The molecule has 0 aromatic carbocycles. The zero-order valence-corrected chi connectivity index (χ0v) is 13.8. The average molecular weight is 328 g/mol. The first-order valence-electron chi connectivity index (χ1n) is 8.78. The molecule has 0 bridgehead atoms. The molecule has 0 saturated carbocycles. The van der Waals surface area contributed by atoms with Crippen LogP contribution in [0, 0.1) is 0 Å². The van der Waals surface area contributed by atoms with Crippen molar-refractivity contribution in [2.75, 3.05) is 26.4 Å². The quantitative estimate of drug-likeness (QED) is 0.360. The molecule has 6 heteroatoms. The van der Waals surface area contributed by atoms with Gasteiger partial charge in [-0.05, 0) is 44.9 Å². The summed E-state index contributed by atoms with van der Waals surface area (Å²) in [5, 5.41) is 0. The molecule has 0 aromatic heterocycles. The van der Waals surface area contributed by atoms with Gasteiger partial charge in [-0.3, -0.25) is 9.59 Å².